The third-order valence-electron chi connectivity index (χ3n) is 1.11. The van der Waals surface area contributed by atoms with E-state index in [1.807, 2.05) is 7.85 Å². The van der Waals surface area contributed by atoms with E-state index >= 15 is 0 Å². The van der Waals surface area contributed by atoms with Crippen molar-refractivity contribution >= 4 is 7.85 Å². The highest BCUT2D eigenvalue weighted by atomic mass is 14.6. The van der Waals surface area contributed by atoms with Gasteiger partial charge in [0, 0.05) is 0 Å². The molecule has 0 saturated heterocycles. The lowest BCUT2D eigenvalue weighted by Gasteiger charge is -2.01. The minimum atomic E-state index is 0.349. The standard InChI is InChI=1S/C5H15BN2/c6-5(8)3-1-2-4-7/h5H,1-4,6-8H2/t5-/m0/s1. The Morgan fingerprint density at radius 1 is 1.38 bits per heavy atom. The zero-order chi connectivity index (χ0) is 6.41. The minimum absolute atomic E-state index is 0.349. The molecular weight excluding hydrogens is 98.9 g/mol. The van der Waals surface area contributed by atoms with Crippen LogP contribution in [0.3, 0.4) is 0 Å². The van der Waals surface area contributed by atoms with Crippen LogP contribution in [-0.4, -0.2) is 20.3 Å². The van der Waals surface area contributed by atoms with Gasteiger partial charge in [-0.15, -0.1) is 0 Å². The molecule has 0 aromatic rings. The Hall–Kier alpha value is -0.0151. The fourth-order valence-corrected chi connectivity index (χ4v) is 0.611. The van der Waals surface area contributed by atoms with Crippen molar-refractivity contribution < 1.29 is 0 Å². The summed E-state index contributed by atoms with van der Waals surface area (Å²) in [5.41, 5.74) is 10.8. The van der Waals surface area contributed by atoms with Gasteiger partial charge in [-0.3, -0.25) is 0 Å². The van der Waals surface area contributed by atoms with Gasteiger partial charge in [0.05, 0.1) is 0 Å². The third-order valence-corrected chi connectivity index (χ3v) is 1.11. The fraction of sp³-hybridized carbons (Fsp3) is 1.00. The summed E-state index contributed by atoms with van der Waals surface area (Å²) in [4.78, 5) is 0. The van der Waals surface area contributed by atoms with E-state index < -0.39 is 0 Å². The lowest BCUT2D eigenvalue weighted by Crippen LogP contribution is -2.19. The van der Waals surface area contributed by atoms with Gasteiger partial charge >= 0.3 is 0 Å². The normalized spacial score (nSPS) is 13.8. The molecule has 0 aromatic heterocycles. The van der Waals surface area contributed by atoms with Gasteiger partial charge in [-0.05, 0) is 25.3 Å². The van der Waals surface area contributed by atoms with Crippen LogP contribution in [0.5, 0.6) is 0 Å². The zero-order valence-electron chi connectivity index (χ0n) is 5.56. The van der Waals surface area contributed by atoms with Gasteiger partial charge in [0.1, 0.15) is 7.85 Å². The molecule has 0 fully saturated rings. The molecule has 4 N–H and O–H groups in total. The van der Waals surface area contributed by atoms with Gasteiger partial charge in [0.2, 0.25) is 0 Å². The largest absolute Gasteiger partial charge is 0.335 e. The van der Waals surface area contributed by atoms with Crippen molar-refractivity contribution in [3.8, 4) is 0 Å². The average Bonchev–Trinajstić information content (AvgIpc) is 1.66. The maximum atomic E-state index is 5.49. The van der Waals surface area contributed by atoms with E-state index in [1.54, 1.807) is 0 Å². The highest BCUT2D eigenvalue weighted by Crippen LogP contribution is 1.93. The summed E-state index contributed by atoms with van der Waals surface area (Å²) in [5, 5.41) is 0. The summed E-state index contributed by atoms with van der Waals surface area (Å²) in [5.74, 6) is 0.349. The predicted molar refractivity (Wildman–Crippen MR) is 39.4 cm³/mol. The van der Waals surface area contributed by atoms with Gasteiger partial charge in [0.15, 0.2) is 0 Å². The first-order valence-corrected chi connectivity index (χ1v) is 3.23. The Labute approximate surface area is 52.0 Å². The molecule has 0 aromatic carbocycles. The topological polar surface area (TPSA) is 52.0 Å². The molecule has 0 spiro atoms. The first-order valence-electron chi connectivity index (χ1n) is 3.23. The first kappa shape index (κ1) is 7.98. The lowest BCUT2D eigenvalue weighted by atomic mass is 9.92. The van der Waals surface area contributed by atoms with Crippen molar-refractivity contribution in [2.45, 2.75) is 25.2 Å². The van der Waals surface area contributed by atoms with Gasteiger partial charge in [-0.2, -0.15) is 0 Å². The van der Waals surface area contributed by atoms with Crippen molar-refractivity contribution in [1.82, 2.24) is 0 Å². The van der Waals surface area contributed by atoms with Crippen molar-refractivity contribution in [3.05, 3.63) is 0 Å². The molecule has 48 valence electrons. The second kappa shape index (κ2) is 5.13. The number of unbranched alkanes of at least 4 members (excludes halogenated alkanes) is 1. The minimum Gasteiger partial charge on any atom is -0.335 e. The molecule has 0 saturated carbocycles. The second-order valence-electron chi connectivity index (χ2n) is 2.26. The van der Waals surface area contributed by atoms with Crippen LogP contribution < -0.4 is 11.5 Å². The van der Waals surface area contributed by atoms with E-state index in [0.29, 0.717) is 5.94 Å². The van der Waals surface area contributed by atoms with Crippen molar-refractivity contribution in [3.63, 3.8) is 0 Å². The van der Waals surface area contributed by atoms with Crippen LogP contribution in [-0.2, 0) is 0 Å². The Morgan fingerprint density at radius 3 is 2.38 bits per heavy atom. The average molecular weight is 114 g/mol. The van der Waals surface area contributed by atoms with E-state index in [2.05, 4.69) is 0 Å². The molecule has 0 aliphatic heterocycles. The van der Waals surface area contributed by atoms with Crippen LogP contribution >= 0.6 is 0 Å². The van der Waals surface area contributed by atoms with Gasteiger partial charge < -0.3 is 11.5 Å². The molecule has 0 bridgehead atoms. The Balaban J connectivity index is 2.72. The molecule has 0 rings (SSSR count). The zero-order valence-corrected chi connectivity index (χ0v) is 5.56. The molecule has 0 heterocycles. The molecule has 8 heavy (non-hydrogen) atoms. The molecule has 0 unspecified atom stereocenters. The van der Waals surface area contributed by atoms with Crippen molar-refractivity contribution in [2.24, 2.45) is 11.5 Å². The monoisotopic (exact) mass is 114 g/mol. The smallest absolute Gasteiger partial charge is 0.123 e. The highest BCUT2D eigenvalue weighted by molar-refractivity contribution is 6.11. The lowest BCUT2D eigenvalue weighted by molar-refractivity contribution is 0.667. The number of rotatable bonds is 4. The summed E-state index contributed by atoms with van der Waals surface area (Å²) in [6.45, 7) is 0.798. The summed E-state index contributed by atoms with van der Waals surface area (Å²) < 4.78 is 0. The molecule has 1 atom stereocenters. The molecule has 0 aliphatic rings. The van der Waals surface area contributed by atoms with Gasteiger partial charge in [-0.1, -0.05) is 6.42 Å². The maximum Gasteiger partial charge on any atom is 0.123 e. The van der Waals surface area contributed by atoms with E-state index in [-0.39, 0.29) is 0 Å². The fourth-order valence-electron chi connectivity index (χ4n) is 0.611. The number of hydrogen-bond acceptors (Lipinski definition) is 2. The predicted octanol–water partition coefficient (Wildman–Crippen LogP) is -0.967. The molecule has 0 aliphatic carbocycles. The van der Waals surface area contributed by atoms with E-state index in [1.165, 1.54) is 6.42 Å². The molecule has 3 heteroatoms. The van der Waals surface area contributed by atoms with Crippen molar-refractivity contribution in [2.75, 3.05) is 6.54 Å². The number of nitrogens with two attached hydrogens (primary N) is 2. The quantitative estimate of drug-likeness (QED) is 0.365. The van der Waals surface area contributed by atoms with Crippen LogP contribution in [0.15, 0.2) is 0 Å². The molecule has 0 amide bonds. The maximum absolute atomic E-state index is 5.49. The van der Waals surface area contributed by atoms with Crippen LogP contribution in [0.1, 0.15) is 19.3 Å². The van der Waals surface area contributed by atoms with Crippen LogP contribution in [0.2, 0.25) is 0 Å². The third kappa shape index (κ3) is 5.98. The van der Waals surface area contributed by atoms with Crippen LogP contribution in [0, 0.1) is 0 Å². The Kier molecular flexibility index (Phi) is 5.12. The number of hydrogen-bond donors (Lipinski definition) is 2. The Bertz CT molecular complexity index is 47.7. The van der Waals surface area contributed by atoms with Crippen LogP contribution in [0.25, 0.3) is 0 Å². The van der Waals surface area contributed by atoms with Crippen molar-refractivity contribution in [1.29, 1.82) is 0 Å². The summed E-state index contributed by atoms with van der Waals surface area (Å²) in [6, 6.07) is 0. The summed E-state index contributed by atoms with van der Waals surface area (Å²) in [7, 11) is 2.02. The first-order chi connectivity index (χ1) is 3.77. The summed E-state index contributed by atoms with van der Waals surface area (Å²) >= 11 is 0. The molecule has 0 radical (unpaired) electrons. The summed E-state index contributed by atoms with van der Waals surface area (Å²) in [6.07, 6.45) is 3.40. The van der Waals surface area contributed by atoms with E-state index in [0.717, 1.165) is 19.4 Å². The van der Waals surface area contributed by atoms with Gasteiger partial charge in [0.25, 0.3) is 0 Å². The SMILES string of the molecule is B[C@@H](N)CCCCN. The van der Waals surface area contributed by atoms with Gasteiger partial charge in [-0.25, -0.2) is 0 Å². The molecular formula is C5H15BN2. The highest BCUT2D eigenvalue weighted by Gasteiger charge is 1.91. The molecule has 2 nitrogen and oxygen atoms in total. The van der Waals surface area contributed by atoms with E-state index in [9.17, 15) is 0 Å². The van der Waals surface area contributed by atoms with Crippen LogP contribution in [0.4, 0.5) is 0 Å². The Morgan fingerprint density at radius 2 is 2.00 bits per heavy atom. The second-order valence-corrected chi connectivity index (χ2v) is 2.26. The van der Waals surface area contributed by atoms with E-state index in [4.69, 9.17) is 11.5 Å².